The largest absolute Gasteiger partial charge is 0.362 e. The van der Waals surface area contributed by atoms with Crippen molar-refractivity contribution >= 4 is 0 Å². The zero-order chi connectivity index (χ0) is 10.6. The molecule has 0 aromatic rings. The highest BCUT2D eigenvalue weighted by Gasteiger charge is 2.54. The van der Waals surface area contributed by atoms with Gasteiger partial charge in [-0.3, -0.25) is 0 Å². The Morgan fingerprint density at radius 1 is 1.27 bits per heavy atom. The second kappa shape index (κ2) is 5.16. The fourth-order valence-corrected chi connectivity index (χ4v) is 2.69. The molecule has 15 heavy (non-hydrogen) atoms. The minimum atomic E-state index is 0.211. The summed E-state index contributed by atoms with van der Waals surface area (Å²) in [5, 5.41) is 0. The van der Waals surface area contributed by atoms with Crippen LogP contribution in [0.25, 0.3) is 0 Å². The molecule has 86 valence electrons. The molecule has 1 aliphatic carbocycles. The molecule has 1 heterocycles. The maximum absolute atomic E-state index is 5.81. The Balaban J connectivity index is 1.62. The lowest BCUT2D eigenvalue weighted by Crippen LogP contribution is -2.15. The van der Waals surface area contributed by atoms with Gasteiger partial charge in [-0.1, -0.05) is 51.2 Å². The van der Waals surface area contributed by atoms with Gasteiger partial charge in [0.2, 0.25) is 0 Å². The summed E-state index contributed by atoms with van der Waals surface area (Å²) in [5.41, 5.74) is 0.211. The number of ether oxygens (including phenoxy) is 1. The Morgan fingerprint density at radius 2 is 2.20 bits per heavy atom. The van der Waals surface area contributed by atoms with Crippen LogP contribution in [-0.2, 0) is 4.74 Å². The quantitative estimate of drug-likeness (QED) is 0.361. The average molecular weight is 208 g/mol. The standard InChI is InChI=1S/C14H24O/c1-2-3-4-5-6-8-11-14-12-9-7-10-13(14)15-14/h8,11,13H,2-7,9-10,12H2,1H3. The van der Waals surface area contributed by atoms with Gasteiger partial charge in [-0.15, -0.1) is 0 Å². The predicted molar refractivity (Wildman–Crippen MR) is 64.0 cm³/mol. The highest BCUT2D eigenvalue weighted by Crippen LogP contribution is 2.48. The first-order valence-corrected chi connectivity index (χ1v) is 6.73. The van der Waals surface area contributed by atoms with Gasteiger partial charge in [0, 0.05) is 0 Å². The smallest absolute Gasteiger partial charge is 0.113 e. The molecule has 0 amide bonds. The molecule has 2 unspecified atom stereocenters. The van der Waals surface area contributed by atoms with Crippen molar-refractivity contribution in [3.05, 3.63) is 12.2 Å². The molecule has 1 saturated carbocycles. The van der Waals surface area contributed by atoms with Crippen LogP contribution >= 0.6 is 0 Å². The number of hydrogen-bond acceptors (Lipinski definition) is 1. The lowest BCUT2D eigenvalue weighted by atomic mass is 9.88. The van der Waals surface area contributed by atoms with Gasteiger partial charge >= 0.3 is 0 Å². The molecular weight excluding hydrogens is 184 g/mol. The highest BCUT2D eigenvalue weighted by molar-refractivity contribution is 5.17. The lowest BCUT2D eigenvalue weighted by Gasteiger charge is -2.12. The number of epoxide rings is 1. The minimum Gasteiger partial charge on any atom is -0.362 e. The van der Waals surface area contributed by atoms with Crippen LogP contribution in [0.15, 0.2) is 12.2 Å². The summed E-state index contributed by atoms with van der Waals surface area (Å²) in [6.45, 7) is 2.26. The van der Waals surface area contributed by atoms with Crippen molar-refractivity contribution in [1.82, 2.24) is 0 Å². The molecule has 0 aromatic heterocycles. The lowest BCUT2D eigenvalue weighted by molar-refractivity contribution is 0.328. The molecule has 1 heteroatoms. The second-order valence-corrected chi connectivity index (χ2v) is 5.06. The van der Waals surface area contributed by atoms with E-state index < -0.39 is 0 Å². The molecule has 1 aliphatic heterocycles. The number of unbranched alkanes of at least 4 members (excludes halogenated alkanes) is 4. The average Bonchev–Trinajstić information content (AvgIpc) is 2.98. The van der Waals surface area contributed by atoms with Crippen molar-refractivity contribution in [2.45, 2.75) is 76.4 Å². The Labute approximate surface area is 93.9 Å². The molecule has 0 spiro atoms. The van der Waals surface area contributed by atoms with Gasteiger partial charge in [-0.05, 0) is 25.7 Å². The van der Waals surface area contributed by atoms with E-state index in [-0.39, 0.29) is 5.60 Å². The van der Waals surface area contributed by atoms with Crippen LogP contribution in [0.3, 0.4) is 0 Å². The van der Waals surface area contributed by atoms with E-state index in [1.54, 1.807) is 0 Å². The van der Waals surface area contributed by atoms with Crippen LogP contribution in [0.2, 0.25) is 0 Å². The van der Waals surface area contributed by atoms with E-state index in [2.05, 4.69) is 19.1 Å². The summed E-state index contributed by atoms with van der Waals surface area (Å²) in [6, 6.07) is 0. The first-order chi connectivity index (χ1) is 7.37. The maximum atomic E-state index is 5.81. The van der Waals surface area contributed by atoms with E-state index in [9.17, 15) is 0 Å². The van der Waals surface area contributed by atoms with Gasteiger partial charge in [0.15, 0.2) is 0 Å². The number of allylic oxidation sites excluding steroid dienone is 1. The van der Waals surface area contributed by atoms with E-state index in [4.69, 9.17) is 4.74 Å². The van der Waals surface area contributed by atoms with Gasteiger partial charge < -0.3 is 4.74 Å². The monoisotopic (exact) mass is 208 g/mol. The predicted octanol–water partition coefficient (Wildman–Crippen LogP) is 4.22. The molecule has 0 bridgehead atoms. The minimum absolute atomic E-state index is 0.211. The van der Waals surface area contributed by atoms with Gasteiger partial charge in [0.1, 0.15) is 5.60 Å². The van der Waals surface area contributed by atoms with Gasteiger partial charge in [-0.2, -0.15) is 0 Å². The molecule has 2 fully saturated rings. The summed E-state index contributed by atoms with van der Waals surface area (Å²) in [7, 11) is 0. The third-order valence-electron chi connectivity index (χ3n) is 3.76. The van der Waals surface area contributed by atoms with Gasteiger partial charge in [-0.25, -0.2) is 0 Å². The van der Waals surface area contributed by atoms with Crippen LogP contribution in [0, 0.1) is 0 Å². The van der Waals surface area contributed by atoms with E-state index in [1.807, 2.05) is 0 Å². The second-order valence-electron chi connectivity index (χ2n) is 5.06. The van der Waals surface area contributed by atoms with Gasteiger partial charge in [0.05, 0.1) is 6.10 Å². The van der Waals surface area contributed by atoms with E-state index >= 15 is 0 Å². The third-order valence-corrected chi connectivity index (χ3v) is 3.76. The van der Waals surface area contributed by atoms with Crippen molar-refractivity contribution in [3.8, 4) is 0 Å². The van der Waals surface area contributed by atoms with Crippen molar-refractivity contribution < 1.29 is 4.74 Å². The molecule has 2 atom stereocenters. The fourth-order valence-electron chi connectivity index (χ4n) is 2.69. The molecule has 1 nitrogen and oxygen atoms in total. The molecule has 0 aromatic carbocycles. The van der Waals surface area contributed by atoms with Crippen LogP contribution < -0.4 is 0 Å². The van der Waals surface area contributed by atoms with E-state index in [1.165, 1.54) is 57.8 Å². The summed E-state index contributed by atoms with van der Waals surface area (Å²) < 4.78 is 5.81. The molecule has 0 radical (unpaired) electrons. The molecule has 2 aliphatic rings. The van der Waals surface area contributed by atoms with E-state index in [0.717, 1.165) is 0 Å². The highest BCUT2D eigenvalue weighted by atomic mass is 16.6. The van der Waals surface area contributed by atoms with Crippen molar-refractivity contribution in [3.63, 3.8) is 0 Å². The van der Waals surface area contributed by atoms with Crippen LogP contribution in [-0.4, -0.2) is 11.7 Å². The summed E-state index contributed by atoms with van der Waals surface area (Å²) in [5.74, 6) is 0. The molecular formula is C14H24O. The van der Waals surface area contributed by atoms with Gasteiger partial charge in [0.25, 0.3) is 0 Å². The molecule has 2 rings (SSSR count). The Bertz CT molecular complexity index is 221. The summed E-state index contributed by atoms with van der Waals surface area (Å²) in [6.07, 6.45) is 17.3. The van der Waals surface area contributed by atoms with E-state index in [0.29, 0.717) is 6.10 Å². The third kappa shape index (κ3) is 2.84. The Morgan fingerprint density at radius 3 is 3.00 bits per heavy atom. The zero-order valence-corrected chi connectivity index (χ0v) is 10.0. The number of fused-ring (bicyclic) bond motifs is 1. The summed E-state index contributed by atoms with van der Waals surface area (Å²) in [4.78, 5) is 0. The Kier molecular flexibility index (Phi) is 3.85. The van der Waals surface area contributed by atoms with Crippen molar-refractivity contribution in [2.75, 3.05) is 0 Å². The zero-order valence-electron chi connectivity index (χ0n) is 10.0. The molecule has 0 N–H and O–H groups in total. The normalized spacial score (nSPS) is 34.3. The first-order valence-electron chi connectivity index (χ1n) is 6.73. The van der Waals surface area contributed by atoms with Crippen LogP contribution in [0.4, 0.5) is 0 Å². The van der Waals surface area contributed by atoms with Crippen molar-refractivity contribution in [1.29, 1.82) is 0 Å². The first kappa shape index (κ1) is 11.2. The van der Waals surface area contributed by atoms with Crippen LogP contribution in [0.5, 0.6) is 0 Å². The SMILES string of the molecule is CCCCCCC=CC12CCCCC1O2. The topological polar surface area (TPSA) is 12.5 Å². The number of rotatable bonds is 6. The maximum Gasteiger partial charge on any atom is 0.113 e. The number of hydrogen-bond donors (Lipinski definition) is 0. The fraction of sp³-hybridized carbons (Fsp3) is 0.857. The summed E-state index contributed by atoms with van der Waals surface area (Å²) >= 11 is 0. The Hall–Kier alpha value is -0.300. The van der Waals surface area contributed by atoms with Crippen LogP contribution in [0.1, 0.15) is 64.7 Å². The molecule has 1 saturated heterocycles. The van der Waals surface area contributed by atoms with Crippen molar-refractivity contribution in [2.24, 2.45) is 0 Å².